The average Bonchev–Trinajstić information content (AvgIpc) is 0. The van der Waals surface area contributed by atoms with Gasteiger partial charge in [-0.2, -0.15) is 0 Å². The van der Waals surface area contributed by atoms with Crippen LogP contribution < -0.4 is 0 Å². The van der Waals surface area contributed by atoms with Crippen LogP contribution in [0, 0.1) is 0 Å². The Labute approximate surface area is 217 Å². The first-order valence-electron chi connectivity index (χ1n) is 0. The summed E-state index contributed by atoms with van der Waals surface area (Å²) in [6, 6.07) is 0. The van der Waals surface area contributed by atoms with Gasteiger partial charge in [-0.1, -0.05) is 0 Å². The van der Waals surface area contributed by atoms with Crippen LogP contribution in [0.3, 0.4) is 0 Å². The van der Waals surface area contributed by atoms with Crippen LogP contribution in [-0.4, -0.2) is 132 Å². The summed E-state index contributed by atoms with van der Waals surface area (Å²) in [6.07, 6.45) is 0. The molecule has 17 radical (unpaired) electrons. The summed E-state index contributed by atoms with van der Waals surface area (Å²) in [5, 5.41) is 0. The van der Waals surface area contributed by atoms with Crippen LogP contribution in [0.15, 0.2) is 0 Å². The predicted molar refractivity (Wildman–Crippen MR) is 38.7 cm³/mol. The Balaban J connectivity index is 0. The van der Waals surface area contributed by atoms with Crippen LogP contribution in [0.4, 0.5) is 0 Å². The van der Waals surface area contributed by atoms with Gasteiger partial charge in [-0.25, -0.2) is 0 Å². The summed E-state index contributed by atoms with van der Waals surface area (Å²) in [5.74, 6) is 0. The molecule has 0 N–H and O–H groups in total. The van der Waals surface area contributed by atoms with Crippen molar-refractivity contribution in [1.82, 2.24) is 0 Å². The van der Waals surface area contributed by atoms with Gasteiger partial charge in [0.25, 0.3) is 0 Å². The van der Waals surface area contributed by atoms with Crippen molar-refractivity contribution >= 4 is 132 Å². The van der Waals surface area contributed by atoms with Gasteiger partial charge in [0.2, 0.25) is 0 Å². The van der Waals surface area contributed by atoms with E-state index in [1.165, 1.54) is 0 Å². The van der Waals surface area contributed by atoms with Crippen LogP contribution in [0.5, 0.6) is 0 Å². The van der Waals surface area contributed by atoms with Crippen molar-refractivity contribution in [2.45, 2.75) is 0 Å². The molecule has 0 aromatic carbocycles. The molecule has 0 fully saturated rings. The van der Waals surface area contributed by atoms with Gasteiger partial charge in [-0.05, 0) is 0 Å². The topological polar surface area (TPSA) is 0 Å². The molecule has 0 saturated carbocycles. The van der Waals surface area contributed by atoms with Crippen LogP contribution in [0.2, 0.25) is 0 Å². The number of rotatable bonds is 0. The van der Waals surface area contributed by atoms with E-state index in [1.807, 2.05) is 0 Å². The van der Waals surface area contributed by atoms with Gasteiger partial charge in [-0.3, -0.25) is 0 Å². The summed E-state index contributed by atoms with van der Waals surface area (Å²) in [7, 11) is 0. The fourth-order valence-corrected chi connectivity index (χ4v) is 0. The summed E-state index contributed by atoms with van der Waals surface area (Å²) >= 11 is 0. The molecule has 0 atom stereocenters. The van der Waals surface area contributed by atoms with E-state index in [2.05, 4.69) is 0 Å². The Hall–Kier alpha value is 7.04. The van der Waals surface area contributed by atoms with Crippen LogP contribution in [0.1, 0.15) is 0 Å². The van der Waals surface area contributed by atoms with E-state index in [4.69, 9.17) is 0 Å². The summed E-state index contributed by atoms with van der Waals surface area (Å²) < 4.78 is 0. The molecule has 0 heterocycles. The zero-order valence-corrected chi connectivity index (χ0v) is 18.4. The standard InChI is InChI=1S/Ag.Al.Cr.Cu.Fe.Mg.Na.Ni.Pb.Si.Sn.3H. The van der Waals surface area contributed by atoms with Crippen LogP contribution in [0.25, 0.3) is 0 Å². The van der Waals surface area contributed by atoms with E-state index < -0.39 is 0 Å². The number of hydrogen-bond acceptors (Lipinski definition) is 0. The van der Waals surface area contributed by atoms with Crippen molar-refractivity contribution in [3.05, 3.63) is 0 Å². The third-order valence-corrected chi connectivity index (χ3v) is 0. The Morgan fingerprint density at radius 2 is 1.00 bits per heavy atom. The molecule has 0 unspecified atom stereocenters. The maximum absolute atomic E-state index is 0. The molecule has 11 heavy (non-hydrogen) atoms. The molecule has 0 rings (SSSR count). The third-order valence-electron chi connectivity index (χ3n) is 0. The zero-order valence-electron chi connectivity index (χ0n) is 3.76. The first-order valence-corrected chi connectivity index (χ1v) is 0. The Bertz CT molecular complexity index is 38.1. The third kappa shape index (κ3) is 77.8. The first-order chi connectivity index (χ1) is 0. The monoisotopic (exact) mass is 768 g/mol. The summed E-state index contributed by atoms with van der Waals surface area (Å²) in [6.45, 7) is 0. The second kappa shape index (κ2) is 88.4. The van der Waals surface area contributed by atoms with E-state index in [0.717, 1.165) is 0 Å². The zero-order chi connectivity index (χ0) is 0. The first kappa shape index (κ1) is 106. The van der Waals surface area contributed by atoms with Crippen molar-refractivity contribution in [3.8, 4) is 0 Å². The molecular formula is H3AgAlCrCuFeMgNaNiPbSiSn. The largest absolute Gasteiger partial charge is 0 e. The quantitative estimate of drug-likeness (QED) is 0.230. The second-order valence-electron chi connectivity index (χ2n) is 0. The normalized spacial score (nSPS) is 0. The Kier molecular flexibility index (Phi) is 850. The van der Waals surface area contributed by atoms with Crippen molar-refractivity contribution < 1.29 is 90.4 Å². The van der Waals surface area contributed by atoms with Crippen molar-refractivity contribution in [3.63, 3.8) is 0 Å². The summed E-state index contributed by atoms with van der Waals surface area (Å²) in [5.41, 5.74) is 0. The fraction of sp³-hybridized carbons (Fsp3) is 0. The van der Waals surface area contributed by atoms with Crippen molar-refractivity contribution in [2.75, 3.05) is 0 Å². The maximum Gasteiger partial charge on any atom is 0 e. The molecule has 0 spiro atoms. The molecule has 0 aromatic heterocycles. The summed E-state index contributed by atoms with van der Waals surface area (Å²) in [4.78, 5) is 0. The van der Waals surface area contributed by atoms with Gasteiger partial charge >= 0.3 is 52.6 Å². The van der Waals surface area contributed by atoms with Gasteiger partial charge in [0.05, 0.1) is 0 Å². The molecule has 0 aliphatic rings. The van der Waals surface area contributed by atoms with Gasteiger partial charge in [-0.15, -0.1) is 0 Å². The molecule has 0 bridgehead atoms. The smallest absolute Gasteiger partial charge is 0 e. The van der Waals surface area contributed by atoms with Gasteiger partial charge < -0.3 is 0 Å². The molecule has 67 valence electrons. The number of hydrogen-bond donors (Lipinski definition) is 0. The Morgan fingerprint density at radius 3 is 1.00 bits per heavy atom. The van der Waals surface area contributed by atoms with E-state index >= 15 is 0 Å². The minimum atomic E-state index is 0. The SMILES string of the molecule is [Ag].[Al].[Cr].[Cu].[Fe].[MgH2].[NaH].[Ni].[Pb].[Si].[Sn]. The molecular weight excluding hydrogens is 766 g/mol. The molecule has 0 aliphatic carbocycles. The van der Waals surface area contributed by atoms with Crippen LogP contribution >= 0.6 is 0 Å². The van der Waals surface area contributed by atoms with E-state index in [1.54, 1.807) is 0 Å². The van der Waals surface area contributed by atoms with Gasteiger partial charge in [0.15, 0.2) is 0 Å². The molecule has 0 nitrogen and oxygen atoms in total. The van der Waals surface area contributed by atoms with E-state index in [0.29, 0.717) is 0 Å². The van der Waals surface area contributed by atoms with Crippen molar-refractivity contribution in [1.29, 1.82) is 0 Å². The fourth-order valence-electron chi connectivity index (χ4n) is 0. The second-order valence-corrected chi connectivity index (χ2v) is 0. The van der Waals surface area contributed by atoms with Gasteiger partial charge in [0.1, 0.15) is 0 Å². The average molecular weight is 769 g/mol. The maximum atomic E-state index is 0. The van der Waals surface area contributed by atoms with Gasteiger partial charge in [0, 0.05) is 170 Å². The molecule has 11 heteroatoms. The molecule has 0 saturated heterocycles. The Morgan fingerprint density at radius 1 is 1.00 bits per heavy atom. The minimum Gasteiger partial charge on any atom is 0 e. The molecule has 0 aromatic rings. The molecule has 0 amide bonds. The predicted octanol–water partition coefficient (Wildman–Crippen LogP) is -3.10. The minimum absolute atomic E-state index is 0. The van der Waals surface area contributed by atoms with Crippen LogP contribution in [-0.2, 0) is 90.4 Å². The van der Waals surface area contributed by atoms with E-state index in [9.17, 15) is 0 Å². The van der Waals surface area contributed by atoms with Crippen molar-refractivity contribution in [2.24, 2.45) is 0 Å². The van der Waals surface area contributed by atoms with E-state index in [-0.39, 0.29) is 223 Å². The molecule has 0 aliphatic heterocycles.